The number of ether oxygens (including phenoxy) is 2. The summed E-state index contributed by atoms with van der Waals surface area (Å²) in [5, 5.41) is 10.3. The fraction of sp³-hybridized carbons (Fsp3) is 0.600. The molecule has 1 saturated heterocycles. The fourth-order valence-electron chi connectivity index (χ4n) is 3.29. The number of quaternary nitrogens is 1. The monoisotopic (exact) mass is 334 g/mol. The zero-order chi connectivity index (χ0) is 17.2. The van der Waals surface area contributed by atoms with Crippen LogP contribution in [0.25, 0.3) is 6.08 Å². The lowest BCUT2D eigenvalue weighted by atomic mass is 10.1. The van der Waals surface area contributed by atoms with Crippen LogP contribution in [0, 0.1) is 0 Å². The summed E-state index contributed by atoms with van der Waals surface area (Å²) in [4.78, 5) is 1.50. The number of aliphatic hydroxyl groups is 1. The summed E-state index contributed by atoms with van der Waals surface area (Å²) in [5.41, 5.74) is 1.08. The Kier molecular flexibility index (Phi) is 8.13. The minimum absolute atomic E-state index is 0.308. The first-order valence-corrected chi connectivity index (χ1v) is 9.18. The minimum Gasteiger partial charge on any atom is -0.493 e. The molecular weight excluding hydrogens is 302 g/mol. The topological polar surface area (TPSA) is 43.1 Å². The van der Waals surface area contributed by atoms with Crippen molar-refractivity contribution in [3.05, 3.63) is 29.8 Å². The van der Waals surface area contributed by atoms with Crippen LogP contribution >= 0.6 is 0 Å². The van der Waals surface area contributed by atoms with E-state index in [2.05, 4.69) is 0 Å². The number of hydrogen-bond donors (Lipinski definition) is 2. The highest BCUT2D eigenvalue weighted by Gasteiger charge is 2.17. The van der Waals surface area contributed by atoms with E-state index in [9.17, 15) is 5.11 Å². The van der Waals surface area contributed by atoms with E-state index in [0.717, 1.165) is 12.1 Å². The number of nitrogens with one attached hydrogen (secondary N) is 1. The van der Waals surface area contributed by atoms with Gasteiger partial charge in [0.15, 0.2) is 11.5 Å². The molecule has 0 aromatic heterocycles. The van der Waals surface area contributed by atoms with Gasteiger partial charge in [0, 0.05) is 0 Å². The van der Waals surface area contributed by atoms with Crippen molar-refractivity contribution in [2.45, 2.75) is 45.1 Å². The molecule has 1 aromatic rings. The van der Waals surface area contributed by atoms with E-state index in [1.54, 1.807) is 7.11 Å². The third-order valence-electron chi connectivity index (χ3n) is 4.56. The summed E-state index contributed by atoms with van der Waals surface area (Å²) < 4.78 is 11.2. The smallest absolute Gasteiger partial charge is 0.161 e. The fourth-order valence-corrected chi connectivity index (χ4v) is 3.29. The van der Waals surface area contributed by atoms with Crippen molar-refractivity contribution in [3.8, 4) is 11.5 Å². The lowest BCUT2D eigenvalue weighted by Crippen LogP contribution is -3.13. The molecule has 0 saturated carbocycles. The molecule has 4 nitrogen and oxygen atoms in total. The highest BCUT2D eigenvalue weighted by molar-refractivity contribution is 5.55. The Bertz CT molecular complexity index is 508. The molecule has 0 spiro atoms. The van der Waals surface area contributed by atoms with Gasteiger partial charge >= 0.3 is 0 Å². The van der Waals surface area contributed by atoms with Crippen molar-refractivity contribution in [1.82, 2.24) is 0 Å². The Labute approximate surface area is 146 Å². The first-order chi connectivity index (χ1) is 11.7. The van der Waals surface area contributed by atoms with Gasteiger partial charge in [-0.15, -0.1) is 0 Å². The first-order valence-electron chi connectivity index (χ1n) is 9.18. The van der Waals surface area contributed by atoms with Crippen LogP contribution in [0.3, 0.4) is 0 Å². The molecule has 0 unspecified atom stereocenters. The van der Waals surface area contributed by atoms with Crippen LogP contribution in [0.15, 0.2) is 24.3 Å². The second kappa shape index (κ2) is 10.4. The van der Waals surface area contributed by atoms with Gasteiger partial charge < -0.3 is 19.5 Å². The van der Waals surface area contributed by atoms with E-state index >= 15 is 0 Å². The Balaban J connectivity index is 1.85. The van der Waals surface area contributed by atoms with E-state index in [4.69, 9.17) is 9.47 Å². The molecule has 1 fully saturated rings. The van der Waals surface area contributed by atoms with Crippen LogP contribution in [0.1, 0.15) is 44.6 Å². The van der Waals surface area contributed by atoms with Crippen LogP contribution in [-0.2, 0) is 0 Å². The van der Waals surface area contributed by atoms with E-state index in [0.29, 0.717) is 18.1 Å². The summed E-state index contributed by atoms with van der Waals surface area (Å²) in [6.07, 6.45) is 10.1. The average Bonchev–Trinajstić information content (AvgIpc) is 2.56. The van der Waals surface area contributed by atoms with Crippen molar-refractivity contribution >= 4 is 6.08 Å². The molecular formula is C20H32NO3+. The number of aliphatic hydroxyl groups excluding tert-OH is 1. The number of benzene rings is 1. The predicted molar refractivity (Wildman–Crippen MR) is 97.9 cm³/mol. The molecule has 1 aliphatic rings. The maximum Gasteiger partial charge on any atom is 0.161 e. The summed E-state index contributed by atoms with van der Waals surface area (Å²) >= 11 is 0. The normalized spacial score (nSPS) is 18.1. The van der Waals surface area contributed by atoms with E-state index in [1.807, 2.05) is 37.3 Å². The SMILES string of the molecule is C/C=C/c1ccc(OC[C@@H](O)C[NH+]2CCCCCCC2)c(OC)c1. The Hall–Kier alpha value is -1.52. The summed E-state index contributed by atoms with van der Waals surface area (Å²) in [6, 6.07) is 5.85. The molecule has 2 N–H and O–H groups in total. The zero-order valence-corrected chi connectivity index (χ0v) is 15.1. The van der Waals surface area contributed by atoms with Crippen LogP contribution in [0.5, 0.6) is 11.5 Å². The maximum absolute atomic E-state index is 10.3. The molecule has 24 heavy (non-hydrogen) atoms. The molecule has 1 aliphatic heterocycles. The summed E-state index contributed by atoms with van der Waals surface area (Å²) in [7, 11) is 1.64. The van der Waals surface area contributed by atoms with Gasteiger partial charge in [-0.1, -0.05) is 24.6 Å². The number of methoxy groups -OCH3 is 1. The first kappa shape index (κ1) is 18.8. The summed E-state index contributed by atoms with van der Waals surface area (Å²) in [5.74, 6) is 1.39. The average molecular weight is 334 g/mol. The Morgan fingerprint density at radius 1 is 1.12 bits per heavy atom. The third-order valence-corrected chi connectivity index (χ3v) is 4.56. The van der Waals surface area contributed by atoms with Gasteiger partial charge in [0.1, 0.15) is 19.3 Å². The largest absolute Gasteiger partial charge is 0.493 e. The number of hydrogen-bond acceptors (Lipinski definition) is 3. The van der Waals surface area contributed by atoms with Crippen molar-refractivity contribution in [2.75, 3.05) is 33.4 Å². The summed E-state index contributed by atoms with van der Waals surface area (Å²) in [6.45, 7) is 5.39. The maximum atomic E-state index is 10.3. The van der Waals surface area contributed by atoms with E-state index in [1.165, 1.54) is 50.1 Å². The second-order valence-electron chi connectivity index (χ2n) is 6.60. The second-order valence-corrected chi connectivity index (χ2v) is 6.60. The van der Waals surface area contributed by atoms with Crippen LogP contribution < -0.4 is 14.4 Å². The molecule has 2 rings (SSSR count). The standard InChI is InChI=1S/C20H31NO3/c1-3-9-17-10-11-19(20(14-17)23-2)24-16-18(22)15-21-12-7-5-4-6-8-13-21/h3,9-11,14,18,22H,4-8,12-13,15-16H2,1-2H3/p+1/b9-3+/t18-/m0/s1. The molecule has 0 bridgehead atoms. The van der Waals surface area contributed by atoms with E-state index < -0.39 is 6.10 Å². The van der Waals surface area contributed by atoms with Crippen molar-refractivity contribution in [3.63, 3.8) is 0 Å². The number of allylic oxidation sites excluding steroid dienone is 1. The van der Waals surface area contributed by atoms with Gasteiger partial charge in [-0.05, 0) is 50.3 Å². The molecule has 1 aromatic carbocycles. The van der Waals surface area contributed by atoms with E-state index in [-0.39, 0.29) is 0 Å². The van der Waals surface area contributed by atoms with Crippen LogP contribution in [0.4, 0.5) is 0 Å². The number of rotatable bonds is 7. The van der Waals surface area contributed by atoms with Gasteiger partial charge in [-0.3, -0.25) is 0 Å². The van der Waals surface area contributed by atoms with Crippen molar-refractivity contribution < 1.29 is 19.5 Å². The molecule has 4 heteroatoms. The van der Waals surface area contributed by atoms with Gasteiger partial charge in [-0.2, -0.15) is 0 Å². The highest BCUT2D eigenvalue weighted by Crippen LogP contribution is 2.28. The quantitative estimate of drug-likeness (QED) is 0.804. The van der Waals surface area contributed by atoms with Gasteiger partial charge in [0.2, 0.25) is 0 Å². The van der Waals surface area contributed by atoms with Crippen LogP contribution in [-0.4, -0.2) is 44.6 Å². The van der Waals surface area contributed by atoms with Crippen molar-refractivity contribution in [2.24, 2.45) is 0 Å². The van der Waals surface area contributed by atoms with Crippen molar-refractivity contribution in [1.29, 1.82) is 0 Å². The minimum atomic E-state index is -0.445. The zero-order valence-electron chi connectivity index (χ0n) is 15.1. The van der Waals surface area contributed by atoms with Gasteiger partial charge in [0.05, 0.1) is 20.2 Å². The molecule has 0 aliphatic carbocycles. The lowest BCUT2D eigenvalue weighted by molar-refractivity contribution is -0.904. The van der Waals surface area contributed by atoms with Gasteiger partial charge in [0.25, 0.3) is 0 Å². The molecule has 1 heterocycles. The predicted octanol–water partition coefficient (Wildman–Crippen LogP) is 2.32. The van der Waals surface area contributed by atoms with Gasteiger partial charge in [-0.25, -0.2) is 0 Å². The molecule has 1 atom stereocenters. The number of likely N-dealkylation sites (tertiary alicyclic amines) is 1. The van der Waals surface area contributed by atoms with Crippen LogP contribution in [0.2, 0.25) is 0 Å². The molecule has 0 radical (unpaired) electrons. The lowest BCUT2D eigenvalue weighted by Gasteiger charge is -2.24. The Morgan fingerprint density at radius 3 is 2.50 bits per heavy atom. The Morgan fingerprint density at radius 2 is 1.83 bits per heavy atom. The molecule has 134 valence electrons. The third kappa shape index (κ3) is 6.17. The highest BCUT2D eigenvalue weighted by atomic mass is 16.5. The molecule has 0 amide bonds.